The summed E-state index contributed by atoms with van der Waals surface area (Å²) in [5, 5.41) is 8.16. The standard InChI is InChI=1S/C28H28N6O/c1-2-21-19-30-34-26(18-25(32-28(21)34)23-10-6-7-11-24(23)29)31-22-14-16-33(17-15-22)27(35)13-12-20-8-4-3-5-9-20/h2-13,18-19,22,31H,1,14-17,29H2/b13-12+. The number of hydrogen-bond donors (Lipinski definition) is 2. The van der Waals surface area contributed by atoms with Crippen molar-refractivity contribution >= 4 is 35.2 Å². The maximum absolute atomic E-state index is 12.7. The largest absolute Gasteiger partial charge is 0.398 e. The van der Waals surface area contributed by atoms with Gasteiger partial charge >= 0.3 is 0 Å². The quantitative estimate of drug-likeness (QED) is 0.318. The van der Waals surface area contributed by atoms with Crippen molar-refractivity contribution in [2.75, 3.05) is 24.1 Å². The summed E-state index contributed by atoms with van der Waals surface area (Å²) in [6.07, 6.45) is 8.72. The minimum absolute atomic E-state index is 0.0446. The molecule has 0 spiro atoms. The van der Waals surface area contributed by atoms with Gasteiger partial charge < -0.3 is 16.0 Å². The molecule has 7 nitrogen and oxygen atoms in total. The fourth-order valence-electron chi connectivity index (χ4n) is 4.39. The zero-order valence-electron chi connectivity index (χ0n) is 19.5. The summed E-state index contributed by atoms with van der Waals surface area (Å²) >= 11 is 0. The summed E-state index contributed by atoms with van der Waals surface area (Å²) in [5.74, 6) is 0.887. The monoisotopic (exact) mass is 464 g/mol. The van der Waals surface area contributed by atoms with E-state index in [0.29, 0.717) is 18.8 Å². The number of piperidine rings is 1. The maximum Gasteiger partial charge on any atom is 0.246 e. The van der Waals surface area contributed by atoms with Gasteiger partial charge in [-0.25, -0.2) is 4.98 Å². The Balaban J connectivity index is 1.32. The smallest absolute Gasteiger partial charge is 0.246 e. The predicted molar refractivity (Wildman–Crippen MR) is 142 cm³/mol. The van der Waals surface area contributed by atoms with Crippen LogP contribution in [-0.2, 0) is 4.79 Å². The number of likely N-dealkylation sites (tertiary alicyclic amines) is 1. The molecule has 0 atom stereocenters. The first-order chi connectivity index (χ1) is 17.1. The first-order valence-electron chi connectivity index (χ1n) is 11.8. The Labute approximate surface area is 204 Å². The number of anilines is 2. The molecule has 2 aromatic carbocycles. The lowest BCUT2D eigenvalue weighted by molar-refractivity contribution is -0.126. The maximum atomic E-state index is 12.7. The SMILES string of the molecule is C=Cc1cnn2c(NC3CCN(C(=O)/C=C/c4ccccc4)CC3)cc(-c3ccccc3N)nc12. The van der Waals surface area contributed by atoms with Gasteiger partial charge in [0.05, 0.1) is 11.9 Å². The van der Waals surface area contributed by atoms with E-state index in [1.54, 1.807) is 22.9 Å². The van der Waals surface area contributed by atoms with Gasteiger partial charge in [-0.3, -0.25) is 4.79 Å². The number of benzene rings is 2. The van der Waals surface area contributed by atoms with Gasteiger partial charge in [0, 0.05) is 48.1 Å². The average Bonchev–Trinajstić information content (AvgIpc) is 3.32. The number of nitrogens with two attached hydrogens (primary N) is 1. The Morgan fingerprint density at radius 2 is 1.83 bits per heavy atom. The van der Waals surface area contributed by atoms with Crippen LogP contribution in [0.4, 0.5) is 11.5 Å². The molecule has 0 aliphatic carbocycles. The highest BCUT2D eigenvalue weighted by molar-refractivity contribution is 5.91. The van der Waals surface area contributed by atoms with E-state index in [9.17, 15) is 4.79 Å². The zero-order valence-corrected chi connectivity index (χ0v) is 19.5. The van der Waals surface area contributed by atoms with Gasteiger partial charge in [0.1, 0.15) is 5.82 Å². The summed E-state index contributed by atoms with van der Waals surface area (Å²) < 4.78 is 1.81. The first kappa shape index (κ1) is 22.4. The van der Waals surface area contributed by atoms with Crippen LogP contribution in [0.5, 0.6) is 0 Å². The number of rotatable bonds is 6. The molecule has 1 aliphatic heterocycles. The number of aromatic nitrogens is 3. The van der Waals surface area contributed by atoms with E-state index in [1.807, 2.05) is 71.6 Å². The van der Waals surface area contributed by atoms with E-state index in [0.717, 1.165) is 46.7 Å². The molecule has 0 bridgehead atoms. The van der Waals surface area contributed by atoms with Gasteiger partial charge in [-0.2, -0.15) is 9.61 Å². The zero-order chi connectivity index (χ0) is 24.2. The van der Waals surface area contributed by atoms with Crippen LogP contribution in [0.25, 0.3) is 29.1 Å². The average molecular weight is 465 g/mol. The van der Waals surface area contributed by atoms with E-state index in [4.69, 9.17) is 10.7 Å². The van der Waals surface area contributed by atoms with Crippen LogP contribution in [0.1, 0.15) is 24.0 Å². The van der Waals surface area contributed by atoms with Crippen molar-refractivity contribution in [2.24, 2.45) is 0 Å². The Bertz CT molecular complexity index is 1380. The number of hydrogen-bond acceptors (Lipinski definition) is 5. The van der Waals surface area contributed by atoms with Crippen molar-refractivity contribution < 1.29 is 4.79 Å². The molecule has 0 unspecified atom stereocenters. The molecule has 0 saturated carbocycles. The Morgan fingerprint density at radius 1 is 1.09 bits per heavy atom. The first-order valence-corrected chi connectivity index (χ1v) is 11.8. The molecule has 7 heteroatoms. The number of para-hydroxylation sites is 1. The molecular formula is C28H28N6O. The Hall–Kier alpha value is -4.39. The van der Waals surface area contributed by atoms with Gasteiger partial charge in [0.2, 0.25) is 5.91 Å². The van der Waals surface area contributed by atoms with Gasteiger partial charge in [-0.05, 0) is 30.5 Å². The summed E-state index contributed by atoms with van der Waals surface area (Å²) in [4.78, 5) is 19.4. The topological polar surface area (TPSA) is 88.5 Å². The van der Waals surface area contributed by atoms with Crippen LogP contribution < -0.4 is 11.1 Å². The van der Waals surface area contributed by atoms with Crippen molar-refractivity contribution in [3.63, 3.8) is 0 Å². The van der Waals surface area contributed by atoms with Crippen molar-refractivity contribution in [1.29, 1.82) is 0 Å². The molecule has 3 heterocycles. The molecule has 1 aliphatic rings. The lowest BCUT2D eigenvalue weighted by atomic mass is 10.0. The second-order valence-electron chi connectivity index (χ2n) is 8.64. The van der Waals surface area contributed by atoms with E-state index >= 15 is 0 Å². The molecule has 5 rings (SSSR count). The molecule has 176 valence electrons. The molecule has 1 amide bonds. The van der Waals surface area contributed by atoms with Crippen molar-refractivity contribution in [3.05, 3.63) is 90.6 Å². The lowest BCUT2D eigenvalue weighted by Crippen LogP contribution is -2.42. The van der Waals surface area contributed by atoms with E-state index in [-0.39, 0.29) is 11.9 Å². The Morgan fingerprint density at radius 3 is 2.57 bits per heavy atom. The van der Waals surface area contributed by atoms with Crippen molar-refractivity contribution in [3.8, 4) is 11.3 Å². The second-order valence-corrected chi connectivity index (χ2v) is 8.64. The van der Waals surface area contributed by atoms with Crippen LogP contribution in [0, 0.1) is 0 Å². The fourth-order valence-corrected chi connectivity index (χ4v) is 4.39. The molecule has 2 aromatic heterocycles. The van der Waals surface area contributed by atoms with Crippen LogP contribution in [0.15, 0.2) is 79.5 Å². The van der Waals surface area contributed by atoms with Crippen LogP contribution in [0.2, 0.25) is 0 Å². The molecule has 35 heavy (non-hydrogen) atoms. The number of nitrogen functional groups attached to an aromatic ring is 1. The second kappa shape index (κ2) is 9.85. The molecule has 0 radical (unpaired) electrons. The van der Waals surface area contributed by atoms with E-state index in [1.165, 1.54) is 0 Å². The molecule has 3 N–H and O–H groups in total. The molecule has 4 aromatic rings. The number of carbonyl (C=O) groups is 1. The number of nitrogens with one attached hydrogen (secondary N) is 1. The minimum Gasteiger partial charge on any atom is -0.398 e. The predicted octanol–water partition coefficient (Wildman–Crippen LogP) is 4.74. The number of fused-ring (bicyclic) bond motifs is 1. The summed E-state index contributed by atoms with van der Waals surface area (Å²) in [6.45, 7) is 5.28. The molecular weight excluding hydrogens is 436 g/mol. The van der Waals surface area contributed by atoms with Crippen molar-refractivity contribution in [1.82, 2.24) is 19.5 Å². The highest BCUT2D eigenvalue weighted by Crippen LogP contribution is 2.29. The van der Waals surface area contributed by atoms with Crippen molar-refractivity contribution in [2.45, 2.75) is 18.9 Å². The fraction of sp³-hybridized carbons (Fsp3) is 0.179. The van der Waals surface area contributed by atoms with Gasteiger partial charge in [-0.1, -0.05) is 61.2 Å². The van der Waals surface area contributed by atoms with Crippen LogP contribution in [-0.4, -0.2) is 44.5 Å². The highest BCUT2D eigenvalue weighted by Gasteiger charge is 2.23. The van der Waals surface area contributed by atoms with Gasteiger partial charge in [-0.15, -0.1) is 0 Å². The number of amides is 1. The van der Waals surface area contributed by atoms with E-state index < -0.39 is 0 Å². The van der Waals surface area contributed by atoms with E-state index in [2.05, 4.69) is 17.0 Å². The minimum atomic E-state index is 0.0446. The third-order valence-corrected chi connectivity index (χ3v) is 6.33. The summed E-state index contributed by atoms with van der Waals surface area (Å²) in [5.41, 5.74) is 11.2. The third-order valence-electron chi connectivity index (χ3n) is 6.33. The molecule has 1 fully saturated rings. The lowest BCUT2D eigenvalue weighted by Gasteiger charge is -2.32. The highest BCUT2D eigenvalue weighted by atomic mass is 16.2. The normalized spacial score (nSPS) is 14.5. The molecule has 1 saturated heterocycles. The van der Waals surface area contributed by atoms with Gasteiger partial charge in [0.15, 0.2) is 5.65 Å². The number of nitrogens with zero attached hydrogens (tertiary/aromatic N) is 4. The summed E-state index contributed by atoms with van der Waals surface area (Å²) in [6, 6.07) is 19.8. The van der Waals surface area contributed by atoms with Crippen LogP contribution in [0.3, 0.4) is 0 Å². The summed E-state index contributed by atoms with van der Waals surface area (Å²) in [7, 11) is 0. The third kappa shape index (κ3) is 4.80. The van der Waals surface area contributed by atoms with Gasteiger partial charge in [0.25, 0.3) is 0 Å². The Kier molecular flexibility index (Phi) is 6.30. The van der Waals surface area contributed by atoms with Crippen LogP contribution >= 0.6 is 0 Å². The number of carbonyl (C=O) groups excluding carboxylic acids is 1.